The summed E-state index contributed by atoms with van der Waals surface area (Å²) >= 11 is 0. The molecule has 166 valence electrons. The maximum Gasteiger partial charge on any atom is 0.218 e. The summed E-state index contributed by atoms with van der Waals surface area (Å²) in [5.74, 6) is 1.22. The molecule has 0 radical (unpaired) electrons. The zero-order valence-corrected chi connectivity index (χ0v) is 18.1. The number of halogens is 1. The van der Waals surface area contributed by atoms with E-state index in [-0.39, 0.29) is 12.1 Å². The van der Waals surface area contributed by atoms with E-state index in [9.17, 15) is 4.39 Å². The number of fused-ring (bicyclic) bond motifs is 4. The largest absolute Gasteiger partial charge is 0.493 e. The van der Waals surface area contributed by atoms with Crippen LogP contribution < -0.4 is 9.64 Å². The summed E-state index contributed by atoms with van der Waals surface area (Å²) in [4.78, 5) is 20.3. The topological polar surface area (TPSA) is 73.3 Å². The second kappa shape index (κ2) is 9.16. The van der Waals surface area contributed by atoms with Gasteiger partial charge in [0.05, 0.1) is 18.3 Å². The predicted molar refractivity (Wildman–Crippen MR) is 118 cm³/mol. The van der Waals surface area contributed by atoms with E-state index in [1.165, 1.54) is 6.07 Å². The maximum absolute atomic E-state index is 14.4. The monoisotopic (exact) mass is 435 g/mol. The highest BCUT2D eigenvalue weighted by Gasteiger charge is 2.39. The predicted octanol–water partition coefficient (Wildman–Crippen LogP) is 4.14. The van der Waals surface area contributed by atoms with Crippen LogP contribution in [0.15, 0.2) is 42.7 Å². The highest BCUT2D eigenvalue weighted by Crippen LogP contribution is 2.44. The van der Waals surface area contributed by atoms with Gasteiger partial charge in [0.2, 0.25) is 5.95 Å². The first-order chi connectivity index (χ1) is 15.7. The van der Waals surface area contributed by atoms with Crippen molar-refractivity contribution in [2.24, 2.45) is 0 Å². The zero-order chi connectivity index (χ0) is 21.9. The molecule has 2 aliphatic rings. The van der Waals surface area contributed by atoms with Gasteiger partial charge in [-0.25, -0.2) is 15.0 Å². The van der Waals surface area contributed by atoms with E-state index in [0.29, 0.717) is 30.6 Å². The molecular formula is C24H26FN5O2. The summed E-state index contributed by atoms with van der Waals surface area (Å²) in [5, 5.41) is 0. The lowest BCUT2D eigenvalue weighted by atomic mass is 9.82. The van der Waals surface area contributed by atoms with Gasteiger partial charge in [-0.15, -0.1) is 0 Å². The Bertz CT molecular complexity index is 1080. The lowest BCUT2D eigenvalue weighted by Gasteiger charge is -2.47. The molecule has 3 aromatic rings. The number of methoxy groups -OCH3 is 1. The fourth-order valence-electron chi connectivity index (χ4n) is 4.71. The molecule has 2 bridgehead atoms. The Balaban J connectivity index is 1.44. The van der Waals surface area contributed by atoms with Crippen LogP contribution in [0.5, 0.6) is 5.75 Å². The van der Waals surface area contributed by atoms with Crippen LogP contribution in [-0.4, -0.2) is 46.3 Å². The van der Waals surface area contributed by atoms with Crippen molar-refractivity contribution in [1.82, 2.24) is 19.9 Å². The minimum atomic E-state index is -0.533. The van der Waals surface area contributed by atoms with E-state index in [0.717, 1.165) is 49.1 Å². The van der Waals surface area contributed by atoms with Gasteiger partial charge in [-0.1, -0.05) is 6.07 Å². The van der Waals surface area contributed by atoms with Crippen molar-refractivity contribution in [3.8, 4) is 17.3 Å². The number of ether oxygens (including phenoxy) is 2. The Labute approximate surface area is 186 Å². The summed E-state index contributed by atoms with van der Waals surface area (Å²) in [6.45, 7) is 1.07. The number of pyridine rings is 2. The van der Waals surface area contributed by atoms with Gasteiger partial charge in [-0.2, -0.15) is 4.39 Å². The van der Waals surface area contributed by atoms with Crippen LogP contribution in [0.1, 0.15) is 43.0 Å². The first kappa shape index (κ1) is 20.8. The van der Waals surface area contributed by atoms with Crippen molar-refractivity contribution >= 4 is 5.82 Å². The van der Waals surface area contributed by atoms with Gasteiger partial charge in [-0.3, -0.25) is 4.98 Å². The average molecular weight is 436 g/mol. The lowest BCUT2D eigenvalue weighted by molar-refractivity contribution is 0.172. The van der Waals surface area contributed by atoms with Gasteiger partial charge < -0.3 is 14.4 Å². The number of piperidine rings is 1. The Hall–Kier alpha value is -3.13. The van der Waals surface area contributed by atoms with Crippen LogP contribution in [-0.2, 0) is 11.2 Å². The first-order valence-corrected chi connectivity index (χ1v) is 11.1. The molecule has 0 N–H and O–H groups in total. The Kier molecular flexibility index (Phi) is 5.94. The molecule has 7 nitrogen and oxygen atoms in total. The first-order valence-electron chi connectivity index (χ1n) is 11.1. The van der Waals surface area contributed by atoms with E-state index in [4.69, 9.17) is 14.5 Å². The van der Waals surface area contributed by atoms with Crippen LogP contribution in [0.3, 0.4) is 0 Å². The molecule has 5 heterocycles. The van der Waals surface area contributed by atoms with E-state index in [2.05, 4.69) is 19.9 Å². The summed E-state index contributed by atoms with van der Waals surface area (Å²) in [5.41, 5.74) is 2.92. The van der Waals surface area contributed by atoms with Crippen LogP contribution in [0.2, 0.25) is 0 Å². The highest BCUT2D eigenvalue weighted by atomic mass is 19.1. The van der Waals surface area contributed by atoms with Crippen molar-refractivity contribution in [2.75, 3.05) is 25.2 Å². The molecule has 0 aliphatic carbocycles. The summed E-state index contributed by atoms with van der Waals surface area (Å²) in [7, 11) is 1.65. The molecule has 3 aromatic heterocycles. The van der Waals surface area contributed by atoms with Gasteiger partial charge in [0.1, 0.15) is 17.3 Å². The Morgan fingerprint density at radius 2 is 2.06 bits per heavy atom. The SMILES string of the molecule is COCCCOc1cc(F)nc(N2[C@H]3CCC[C@@H]2c2cnc(-c4ccccn4)nc2C3)c1. The quantitative estimate of drug-likeness (QED) is 0.408. The molecule has 8 heteroatoms. The van der Waals surface area contributed by atoms with E-state index >= 15 is 0 Å². The number of aromatic nitrogens is 4. The highest BCUT2D eigenvalue weighted by molar-refractivity contribution is 5.54. The molecule has 0 spiro atoms. The van der Waals surface area contributed by atoms with Crippen LogP contribution in [0, 0.1) is 5.95 Å². The molecule has 0 amide bonds. The van der Waals surface area contributed by atoms with Gasteiger partial charge in [0.15, 0.2) is 5.82 Å². The Morgan fingerprint density at radius 3 is 2.91 bits per heavy atom. The minimum Gasteiger partial charge on any atom is -0.493 e. The third-order valence-corrected chi connectivity index (χ3v) is 6.11. The number of hydrogen-bond donors (Lipinski definition) is 0. The van der Waals surface area contributed by atoms with Gasteiger partial charge in [-0.05, 0) is 31.4 Å². The van der Waals surface area contributed by atoms with E-state index < -0.39 is 5.95 Å². The average Bonchev–Trinajstić information content (AvgIpc) is 2.81. The smallest absolute Gasteiger partial charge is 0.218 e. The van der Waals surface area contributed by atoms with Crippen molar-refractivity contribution in [1.29, 1.82) is 0 Å². The van der Waals surface area contributed by atoms with E-state index in [1.807, 2.05) is 30.5 Å². The van der Waals surface area contributed by atoms with Gasteiger partial charge in [0.25, 0.3) is 0 Å². The van der Waals surface area contributed by atoms with Gasteiger partial charge in [0, 0.05) is 62.7 Å². The molecule has 0 aromatic carbocycles. The minimum absolute atomic E-state index is 0.0749. The lowest BCUT2D eigenvalue weighted by Crippen LogP contribution is -2.47. The van der Waals surface area contributed by atoms with Crippen molar-refractivity contribution in [3.63, 3.8) is 0 Å². The second-order valence-electron chi connectivity index (χ2n) is 8.20. The number of rotatable bonds is 7. The van der Waals surface area contributed by atoms with Crippen LogP contribution in [0.25, 0.3) is 11.5 Å². The molecule has 0 saturated carbocycles. The number of anilines is 1. The molecule has 2 atom stereocenters. The van der Waals surface area contributed by atoms with Crippen molar-refractivity contribution < 1.29 is 13.9 Å². The maximum atomic E-state index is 14.4. The fraction of sp³-hybridized carbons (Fsp3) is 0.417. The van der Waals surface area contributed by atoms with Crippen LogP contribution in [0.4, 0.5) is 10.2 Å². The molecule has 5 rings (SSSR count). The molecule has 0 unspecified atom stereocenters. The fourth-order valence-corrected chi connectivity index (χ4v) is 4.71. The zero-order valence-electron chi connectivity index (χ0n) is 18.1. The molecule has 32 heavy (non-hydrogen) atoms. The number of nitrogens with zero attached hydrogens (tertiary/aromatic N) is 5. The summed E-state index contributed by atoms with van der Waals surface area (Å²) in [6, 6.07) is 9.20. The van der Waals surface area contributed by atoms with E-state index in [1.54, 1.807) is 13.3 Å². The Morgan fingerprint density at radius 1 is 1.12 bits per heavy atom. The van der Waals surface area contributed by atoms with Crippen LogP contribution >= 0.6 is 0 Å². The molecule has 1 saturated heterocycles. The summed E-state index contributed by atoms with van der Waals surface area (Å²) < 4.78 is 25.2. The molecule has 1 fully saturated rings. The van der Waals surface area contributed by atoms with Gasteiger partial charge >= 0.3 is 0 Å². The molecular weight excluding hydrogens is 409 g/mol. The second-order valence-corrected chi connectivity index (χ2v) is 8.20. The van der Waals surface area contributed by atoms with Crippen molar-refractivity contribution in [2.45, 2.75) is 44.2 Å². The standard InChI is InChI=1S/C24H26FN5O2/c1-31-10-5-11-32-17-13-22(25)29-23(14-17)30-16-6-4-8-21(30)18-15-27-24(28-20(18)12-16)19-7-2-3-9-26-19/h2-3,7,9,13-16,21H,4-6,8,10-12H2,1H3/t16-,21+/m0/s1. The van der Waals surface area contributed by atoms with Crippen molar-refractivity contribution in [3.05, 3.63) is 59.9 Å². The number of hydrogen-bond acceptors (Lipinski definition) is 7. The summed E-state index contributed by atoms with van der Waals surface area (Å²) in [6.07, 6.45) is 8.26. The third kappa shape index (κ3) is 4.14. The normalized spacial score (nSPS) is 19.5. The third-order valence-electron chi connectivity index (χ3n) is 6.11. The molecule has 2 aliphatic heterocycles.